The molecule has 0 radical (unpaired) electrons. The van der Waals surface area contributed by atoms with Crippen molar-refractivity contribution < 1.29 is 9.47 Å². The molecule has 1 aliphatic rings. The van der Waals surface area contributed by atoms with Crippen LogP contribution in [-0.4, -0.2) is 36.1 Å². The Hall–Kier alpha value is -2.93. The van der Waals surface area contributed by atoms with Gasteiger partial charge in [-0.2, -0.15) is 5.10 Å². The highest BCUT2D eigenvalue weighted by Crippen LogP contribution is 2.34. The molecule has 0 fully saturated rings. The smallest absolute Gasteiger partial charge is 0.205 e. The van der Waals surface area contributed by atoms with Crippen LogP contribution in [-0.2, 0) is 0 Å². The number of hydrogen-bond acceptors (Lipinski definition) is 6. The minimum atomic E-state index is 0.563. The fraction of sp³-hybridized carbons (Fsp3) is 0.167. The summed E-state index contributed by atoms with van der Waals surface area (Å²) in [5, 5.41) is 6.60. The highest BCUT2D eigenvalue weighted by atomic mass is 32.1. The van der Waals surface area contributed by atoms with Crippen LogP contribution in [0.3, 0.4) is 0 Å². The molecule has 1 aromatic carbocycles. The van der Waals surface area contributed by atoms with Crippen molar-refractivity contribution in [3.8, 4) is 22.8 Å². The summed E-state index contributed by atoms with van der Waals surface area (Å²) in [5.41, 5.74) is 2.72. The number of pyridine rings is 1. The predicted octanol–water partition coefficient (Wildman–Crippen LogP) is 2.80. The van der Waals surface area contributed by atoms with Crippen molar-refractivity contribution in [1.29, 1.82) is 0 Å². The number of hydrogen-bond donors (Lipinski definition) is 0. The average molecular weight is 352 g/mol. The fourth-order valence-electron chi connectivity index (χ4n) is 2.53. The molecule has 0 amide bonds. The van der Waals surface area contributed by atoms with E-state index in [1.165, 1.54) is 11.3 Å². The molecular formula is C18H16N4O2S. The average Bonchev–Trinajstić information content (AvgIpc) is 3.09. The minimum Gasteiger partial charge on any atom is -0.486 e. The number of rotatable bonds is 3. The normalized spacial score (nSPS) is 14.2. The van der Waals surface area contributed by atoms with Gasteiger partial charge in [0.2, 0.25) is 4.80 Å². The Morgan fingerprint density at radius 3 is 2.84 bits per heavy atom. The summed E-state index contributed by atoms with van der Waals surface area (Å²) in [6.07, 6.45) is 3.47. The lowest BCUT2D eigenvalue weighted by Gasteiger charge is -2.18. The molecule has 6 nitrogen and oxygen atoms in total. The minimum absolute atomic E-state index is 0.563. The molecule has 0 atom stereocenters. The molecule has 0 saturated carbocycles. The fourth-order valence-corrected chi connectivity index (χ4v) is 3.34. The Kier molecular flexibility index (Phi) is 4.30. The lowest BCUT2D eigenvalue weighted by Crippen LogP contribution is -2.15. The monoisotopic (exact) mass is 352 g/mol. The Labute approximate surface area is 148 Å². The first-order chi connectivity index (χ1) is 12.3. The van der Waals surface area contributed by atoms with Crippen molar-refractivity contribution in [2.45, 2.75) is 0 Å². The van der Waals surface area contributed by atoms with Crippen LogP contribution in [0.2, 0.25) is 0 Å². The maximum absolute atomic E-state index is 5.69. The molecule has 0 bridgehead atoms. The van der Waals surface area contributed by atoms with Crippen LogP contribution >= 0.6 is 11.3 Å². The summed E-state index contributed by atoms with van der Waals surface area (Å²) >= 11 is 1.53. The third-order valence-corrected chi connectivity index (χ3v) is 4.62. The van der Waals surface area contributed by atoms with Crippen molar-refractivity contribution >= 4 is 17.6 Å². The van der Waals surface area contributed by atoms with E-state index in [0.29, 0.717) is 13.2 Å². The van der Waals surface area contributed by atoms with Gasteiger partial charge in [0.05, 0.1) is 17.6 Å². The lowest BCUT2D eigenvalue weighted by atomic mass is 10.1. The number of thiazole rings is 1. The lowest BCUT2D eigenvalue weighted by molar-refractivity contribution is 0.171. The van der Waals surface area contributed by atoms with Crippen LogP contribution in [0.5, 0.6) is 11.5 Å². The number of ether oxygens (including phenoxy) is 2. The molecule has 3 heterocycles. The van der Waals surface area contributed by atoms with Gasteiger partial charge in [-0.1, -0.05) is 6.07 Å². The van der Waals surface area contributed by atoms with Crippen LogP contribution in [0.4, 0.5) is 0 Å². The Morgan fingerprint density at radius 2 is 2.04 bits per heavy atom. The molecule has 1 aliphatic heterocycles. The van der Waals surface area contributed by atoms with Gasteiger partial charge in [-0.25, -0.2) is 4.68 Å². The summed E-state index contributed by atoms with van der Waals surface area (Å²) < 4.78 is 13.1. The Bertz CT molecular complexity index is 976. The van der Waals surface area contributed by atoms with Gasteiger partial charge in [0.25, 0.3) is 0 Å². The summed E-state index contributed by atoms with van der Waals surface area (Å²) in [6, 6.07) is 11.6. The van der Waals surface area contributed by atoms with Crippen LogP contribution < -0.4 is 14.3 Å². The highest BCUT2D eigenvalue weighted by molar-refractivity contribution is 7.07. The van der Waals surface area contributed by atoms with E-state index in [1.807, 2.05) is 46.5 Å². The quantitative estimate of drug-likeness (QED) is 0.681. The van der Waals surface area contributed by atoms with Gasteiger partial charge in [0.1, 0.15) is 13.2 Å². The van der Waals surface area contributed by atoms with Gasteiger partial charge in [0.15, 0.2) is 11.5 Å². The van der Waals surface area contributed by atoms with Gasteiger partial charge >= 0.3 is 0 Å². The highest BCUT2D eigenvalue weighted by Gasteiger charge is 2.14. The van der Waals surface area contributed by atoms with E-state index in [9.17, 15) is 0 Å². The summed E-state index contributed by atoms with van der Waals surface area (Å²) in [5.74, 6) is 1.53. The van der Waals surface area contributed by atoms with Crippen LogP contribution in [0.25, 0.3) is 11.3 Å². The van der Waals surface area contributed by atoms with E-state index in [1.54, 1.807) is 19.5 Å². The van der Waals surface area contributed by atoms with Gasteiger partial charge in [0, 0.05) is 24.2 Å². The van der Waals surface area contributed by atoms with E-state index in [0.717, 1.165) is 33.3 Å². The zero-order chi connectivity index (χ0) is 17.1. The summed E-state index contributed by atoms with van der Waals surface area (Å²) in [7, 11) is 1.76. The summed E-state index contributed by atoms with van der Waals surface area (Å²) in [6.45, 7) is 1.14. The molecule has 0 N–H and O–H groups in total. The SMILES string of the molecule is CN=c1scc(-c2ccc3c(c2)OCCO3)n1/N=C\c1ccccn1. The third kappa shape index (κ3) is 3.18. The van der Waals surface area contributed by atoms with Crippen molar-refractivity contribution in [1.82, 2.24) is 9.66 Å². The second-order valence-corrected chi connectivity index (χ2v) is 6.13. The molecule has 126 valence electrons. The van der Waals surface area contributed by atoms with Gasteiger partial charge < -0.3 is 9.47 Å². The first kappa shape index (κ1) is 15.6. The van der Waals surface area contributed by atoms with Gasteiger partial charge in [-0.3, -0.25) is 9.98 Å². The van der Waals surface area contributed by atoms with E-state index in [2.05, 4.69) is 15.1 Å². The van der Waals surface area contributed by atoms with Crippen LogP contribution in [0.15, 0.2) is 58.1 Å². The number of aromatic nitrogens is 2. The second-order valence-electron chi connectivity index (χ2n) is 5.30. The van der Waals surface area contributed by atoms with Crippen LogP contribution in [0.1, 0.15) is 5.69 Å². The first-order valence-electron chi connectivity index (χ1n) is 7.84. The molecule has 3 aromatic rings. The maximum Gasteiger partial charge on any atom is 0.205 e. The molecule has 4 rings (SSSR count). The standard InChI is InChI=1S/C18H16N4O2S/c1-19-18-22(21-11-14-4-2-3-7-20-14)15(12-25-18)13-5-6-16-17(10-13)24-9-8-23-16/h2-7,10-12H,8-9H2,1H3/b19-18?,21-11-. The Balaban J connectivity index is 1.76. The largest absolute Gasteiger partial charge is 0.486 e. The van der Waals surface area contributed by atoms with Crippen molar-refractivity contribution in [3.63, 3.8) is 0 Å². The van der Waals surface area contributed by atoms with E-state index < -0.39 is 0 Å². The zero-order valence-electron chi connectivity index (χ0n) is 13.6. The van der Waals surface area contributed by atoms with E-state index in [-0.39, 0.29) is 0 Å². The number of nitrogens with zero attached hydrogens (tertiary/aromatic N) is 4. The van der Waals surface area contributed by atoms with Crippen molar-refractivity contribution in [3.05, 3.63) is 58.5 Å². The van der Waals surface area contributed by atoms with Gasteiger partial charge in [-0.15, -0.1) is 11.3 Å². The van der Waals surface area contributed by atoms with Crippen molar-refractivity contribution in [2.75, 3.05) is 20.3 Å². The molecule has 0 spiro atoms. The van der Waals surface area contributed by atoms with E-state index in [4.69, 9.17) is 9.47 Å². The first-order valence-corrected chi connectivity index (χ1v) is 8.72. The van der Waals surface area contributed by atoms with E-state index >= 15 is 0 Å². The number of benzene rings is 1. The predicted molar refractivity (Wildman–Crippen MR) is 97.5 cm³/mol. The Morgan fingerprint density at radius 1 is 1.16 bits per heavy atom. The molecule has 0 saturated heterocycles. The molecule has 25 heavy (non-hydrogen) atoms. The zero-order valence-corrected chi connectivity index (χ0v) is 14.4. The molecular weight excluding hydrogens is 336 g/mol. The third-order valence-electron chi connectivity index (χ3n) is 3.71. The number of fused-ring (bicyclic) bond motifs is 1. The maximum atomic E-state index is 5.69. The molecule has 2 aromatic heterocycles. The molecule has 0 aliphatic carbocycles. The van der Waals surface area contributed by atoms with Gasteiger partial charge in [-0.05, 0) is 30.3 Å². The second kappa shape index (κ2) is 6.90. The van der Waals surface area contributed by atoms with Crippen LogP contribution in [0, 0.1) is 0 Å². The molecule has 7 heteroatoms. The molecule has 0 unspecified atom stereocenters. The summed E-state index contributed by atoms with van der Waals surface area (Å²) in [4.78, 5) is 9.38. The topological polar surface area (TPSA) is 61.0 Å². The van der Waals surface area contributed by atoms with Crippen molar-refractivity contribution in [2.24, 2.45) is 10.1 Å².